The van der Waals surface area contributed by atoms with Gasteiger partial charge in [0.15, 0.2) is 5.82 Å². The Morgan fingerprint density at radius 1 is 1.30 bits per heavy atom. The van der Waals surface area contributed by atoms with Crippen LogP contribution in [0.5, 0.6) is 0 Å². The number of aryl methyl sites for hydroxylation is 1. The summed E-state index contributed by atoms with van der Waals surface area (Å²) in [6, 6.07) is 6.40. The van der Waals surface area contributed by atoms with Crippen LogP contribution in [0.4, 0.5) is 19.0 Å². The van der Waals surface area contributed by atoms with Gasteiger partial charge in [0.2, 0.25) is 5.91 Å². The number of alkyl halides is 2. The van der Waals surface area contributed by atoms with E-state index in [1.165, 1.54) is 10.7 Å². The van der Waals surface area contributed by atoms with Crippen LogP contribution in [-0.2, 0) is 11.8 Å². The molecule has 2 aliphatic carbocycles. The predicted molar refractivity (Wildman–Crippen MR) is 96.1 cm³/mol. The van der Waals surface area contributed by atoms with Crippen LogP contribution in [0.1, 0.15) is 50.5 Å². The zero-order chi connectivity index (χ0) is 19.4. The fourth-order valence-electron chi connectivity index (χ4n) is 3.91. The van der Waals surface area contributed by atoms with E-state index in [0.717, 1.165) is 31.7 Å². The topological polar surface area (TPSA) is 46.9 Å². The molecular formula is C20H22F3N3O. The van der Waals surface area contributed by atoms with Crippen molar-refractivity contribution >= 4 is 11.7 Å². The second-order valence-corrected chi connectivity index (χ2v) is 7.77. The minimum atomic E-state index is -3.09. The molecule has 0 aliphatic heterocycles. The Balaban J connectivity index is 1.75. The van der Waals surface area contributed by atoms with Crippen LogP contribution in [0.25, 0.3) is 11.3 Å². The molecule has 0 unspecified atom stereocenters. The average Bonchev–Trinajstić information content (AvgIpc) is 3.30. The van der Waals surface area contributed by atoms with E-state index in [0.29, 0.717) is 11.3 Å². The molecule has 7 heteroatoms. The van der Waals surface area contributed by atoms with E-state index in [9.17, 15) is 18.0 Å². The monoisotopic (exact) mass is 377 g/mol. The highest BCUT2D eigenvalue weighted by Gasteiger charge is 2.64. The molecule has 2 aromatic rings. The zero-order valence-electron chi connectivity index (χ0n) is 15.4. The van der Waals surface area contributed by atoms with Crippen LogP contribution < -0.4 is 5.32 Å². The maximum Gasteiger partial charge on any atom is 0.259 e. The number of hydrogen-bond acceptors (Lipinski definition) is 2. The summed E-state index contributed by atoms with van der Waals surface area (Å²) >= 11 is 0. The smallest absolute Gasteiger partial charge is 0.259 e. The first-order chi connectivity index (χ1) is 12.7. The summed E-state index contributed by atoms with van der Waals surface area (Å²) in [6.07, 6.45) is 3.18. The van der Waals surface area contributed by atoms with Gasteiger partial charge in [-0.25, -0.2) is 13.2 Å². The highest BCUT2D eigenvalue weighted by atomic mass is 19.3. The van der Waals surface area contributed by atoms with Gasteiger partial charge >= 0.3 is 0 Å². The van der Waals surface area contributed by atoms with E-state index in [1.54, 1.807) is 25.2 Å². The normalized spacial score (nSPS) is 18.9. The molecule has 1 N–H and O–H groups in total. The van der Waals surface area contributed by atoms with E-state index < -0.39 is 17.2 Å². The van der Waals surface area contributed by atoms with Crippen LogP contribution in [0.2, 0.25) is 0 Å². The second-order valence-electron chi connectivity index (χ2n) is 7.77. The molecule has 2 saturated carbocycles. The first-order valence-electron chi connectivity index (χ1n) is 9.26. The van der Waals surface area contributed by atoms with Gasteiger partial charge < -0.3 is 5.32 Å². The number of amides is 1. The Morgan fingerprint density at radius 2 is 1.96 bits per heavy atom. The van der Waals surface area contributed by atoms with E-state index in [1.807, 2.05) is 0 Å². The third-order valence-corrected chi connectivity index (χ3v) is 5.98. The number of nitrogens with zero attached hydrogens (tertiary/aromatic N) is 2. The summed E-state index contributed by atoms with van der Waals surface area (Å²) in [7, 11) is 1.68. The molecule has 0 atom stereocenters. The van der Waals surface area contributed by atoms with Crippen molar-refractivity contribution in [3.63, 3.8) is 0 Å². The van der Waals surface area contributed by atoms with Gasteiger partial charge in [0.1, 0.15) is 11.2 Å². The third kappa shape index (κ3) is 2.84. The van der Waals surface area contributed by atoms with Crippen LogP contribution >= 0.6 is 0 Å². The van der Waals surface area contributed by atoms with Crippen molar-refractivity contribution < 1.29 is 18.0 Å². The van der Waals surface area contributed by atoms with Crippen LogP contribution in [-0.4, -0.2) is 21.6 Å². The quantitative estimate of drug-likeness (QED) is 0.808. The number of halogens is 3. The van der Waals surface area contributed by atoms with Crippen molar-refractivity contribution in [2.75, 3.05) is 5.32 Å². The minimum Gasteiger partial charge on any atom is -0.308 e. The number of hydrogen-bond donors (Lipinski definition) is 1. The number of carbonyl (C=O) groups is 1. The molecule has 1 aromatic carbocycles. The molecule has 27 heavy (non-hydrogen) atoms. The van der Waals surface area contributed by atoms with E-state index in [2.05, 4.69) is 10.4 Å². The number of nitrogens with one attached hydrogen (secondary N) is 1. The van der Waals surface area contributed by atoms with Crippen LogP contribution in [0, 0.1) is 11.2 Å². The standard InChI is InChI=1S/C20H22F3N3O/c1-19(22,23)20(10-11-20)18(27)24-17-15(12-6-5-7-12)16(26(2)25-17)13-8-3-4-9-14(13)21/h3-4,8-9,12H,5-7,10-11H2,1-2H3,(H,24,25,27). The van der Waals surface area contributed by atoms with Gasteiger partial charge in [-0.3, -0.25) is 9.48 Å². The van der Waals surface area contributed by atoms with E-state index >= 15 is 0 Å². The molecule has 0 saturated heterocycles. The Hall–Kier alpha value is -2.31. The van der Waals surface area contributed by atoms with Gasteiger partial charge in [0.05, 0.1) is 5.69 Å². The van der Waals surface area contributed by atoms with Gasteiger partial charge in [-0.15, -0.1) is 0 Å². The molecule has 1 aromatic heterocycles. The molecule has 0 spiro atoms. The Kier molecular flexibility index (Phi) is 4.09. The molecule has 1 amide bonds. The minimum absolute atomic E-state index is 0.140. The van der Waals surface area contributed by atoms with Gasteiger partial charge in [0, 0.05) is 25.1 Å². The maximum atomic E-state index is 14.4. The average molecular weight is 377 g/mol. The molecule has 4 rings (SSSR count). The fraction of sp³-hybridized carbons (Fsp3) is 0.500. The Morgan fingerprint density at radius 3 is 2.48 bits per heavy atom. The summed E-state index contributed by atoms with van der Waals surface area (Å²) in [5.74, 6) is -3.75. The van der Waals surface area contributed by atoms with Crippen LogP contribution in [0.15, 0.2) is 24.3 Å². The van der Waals surface area contributed by atoms with Gasteiger partial charge in [-0.2, -0.15) is 5.10 Å². The molecule has 2 aliphatic rings. The molecule has 144 valence electrons. The molecule has 1 heterocycles. The van der Waals surface area contributed by atoms with Gasteiger partial charge in [0.25, 0.3) is 5.92 Å². The zero-order valence-corrected chi connectivity index (χ0v) is 15.4. The largest absolute Gasteiger partial charge is 0.308 e. The predicted octanol–water partition coefficient (Wildman–Crippen LogP) is 4.87. The van der Waals surface area contributed by atoms with Gasteiger partial charge in [-0.1, -0.05) is 18.6 Å². The van der Waals surface area contributed by atoms with E-state index in [-0.39, 0.29) is 30.4 Å². The third-order valence-electron chi connectivity index (χ3n) is 5.98. The molecule has 4 nitrogen and oxygen atoms in total. The van der Waals surface area contributed by atoms with Crippen molar-refractivity contribution in [1.29, 1.82) is 0 Å². The van der Waals surface area contributed by atoms with Crippen molar-refractivity contribution in [2.24, 2.45) is 12.5 Å². The Bertz CT molecular complexity index is 892. The number of rotatable bonds is 5. The number of carbonyl (C=O) groups excluding carboxylic acids is 1. The van der Waals surface area contributed by atoms with Crippen molar-refractivity contribution in [3.05, 3.63) is 35.6 Å². The molecular weight excluding hydrogens is 355 g/mol. The molecule has 2 fully saturated rings. The van der Waals surface area contributed by atoms with Crippen molar-refractivity contribution in [1.82, 2.24) is 9.78 Å². The maximum absolute atomic E-state index is 14.4. The first-order valence-corrected chi connectivity index (χ1v) is 9.26. The van der Waals surface area contributed by atoms with E-state index in [4.69, 9.17) is 0 Å². The lowest BCUT2D eigenvalue weighted by Gasteiger charge is -2.27. The summed E-state index contributed by atoms with van der Waals surface area (Å²) in [5.41, 5.74) is 0.0926. The Labute approximate surface area is 155 Å². The summed E-state index contributed by atoms with van der Waals surface area (Å²) in [6.45, 7) is 0.787. The summed E-state index contributed by atoms with van der Waals surface area (Å²) in [4.78, 5) is 12.6. The highest BCUT2D eigenvalue weighted by Crippen LogP contribution is 2.57. The summed E-state index contributed by atoms with van der Waals surface area (Å²) in [5, 5.41) is 7.01. The highest BCUT2D eigenvalue weighted by molar-refractivity contribution is 5.98. The molecule has 0 bridgehead atoms. The number of anilines is 1. The van der Waals surface area contributed by atoms with Gasteiger partial charge in [-0.05, 0) is 43.7 Å². The summed E-state index contributed by atoms with van der Waals surface area (Å²) < 4.78 is 43.8. The SMILES string of the molecule is Cn1nc(NC(=O)C2(C(C)(F)F)CC2)c(C2CCC2)c1-c1ccccc1F. The van der Waals surface area contributed by atoms with Crippen molar-refractivity contribution in [3.8, 4) is 11.3 Å². The lowest BCUT2D eigenvalue weighted by Crippen LogP contribution is -2.38. The van der Waals surface area contributed by atoms with Crippen molar-refractivity contribution in [2.45, 2.75) is 50.9 Å². The lowest BCUT2D eigenvalue weighted by atomic mass is 9.78. The molecule has 0 radical (unpaired) electrons. The number of aromatic nitrogens is 2. The number of benzene rings is 1. The fourth-order valence-corrected chi connectivity index (χ4v) is 3.91. The second kappa shape index (κ2) is 6.11. The van der Waals surface area contributed by atoms with Crippen LogP contribution in [0.3, 0.4) is 0 Å². The first kappa shape index (κ1) is 18.1. The lowest BCUT2D eigenvalue weighted by molar-refractivity contribution is -0.136.